The fourth-order valence-corrected chi connectivity index (χ4v) is 4.87. The number of aliphatic hydroxyl groups excluding tert-OH is 1. The second-order valence-electron chi connectivity index (χ2n) is 4.84. The van der Waals surface area contributed by atoms with Crippen molar-refractivity contribution in [2.45, 2.75) is 15.9 Å². The average Bonchev–Trinajstić information content (AvgIpc) is 3.24. The molecule has 2 aromatic rings. The smallest absolute Gasteiger partial charge is 0.209 e. The highest BCUT2D eigenvalue weighted by atomic mass is 35.5. The highest BCUT2D eigenvalue weighted by Gasteiger charge is 2.31. The van der Waals surface area contributed by atoms with E-state index in [1.54, 1.807) is 5.38 Å². The van der Waals surface area contributed by atoms with Crippen LogP contribution in [0.5, 0.6) is 0 Å². The van der Waals surface area contributed by atoms with Gasteiger partial charge in [0.05, 0.1) is 10.6 Å². The molecule has 1 aromatic heterocycles. The number of nitrogens with one attached hydrogen (secondary N) is 2. The lowest BCUT2D eigenvalue weighted by Gasteiger charge is -2.20. The number of carbonyl (C=O) groups excluding carboxylic acids is 1. The van der Waals surface area contributed by atoms with Gasteiger partial charge in [0.1, 0.15) is 16.9 Å². The monoisotopic (exact) mass is 398 g/mol. The predicted octanol–water partition coefficient (Wildman–Crippen LogP) is 1.13. The van der Waals surface area contributed by atoms with Gasteiger partial charge in [0.2, 0.25) is 9.84 Å². The number of benzene rings is 1. The molecule has 0 bridgehead atoms. The minimum absolute atomic E-state index is 0.00862. The Kier molecular flexibility index (Phi) is 4.91. The number of anilines is 1. The summed E-state index contributed by atoms with van der Waals surface area (Å²) in [5.41, 5.74) is 5.29. The first-order valence-corrected chi connectivity index (χ1v) is 9.60. The van der Waals surface area contributed by atoms with Crippen molar-refractivity contribution in [1.29, 1.82) is 0 Å². The largest absolute Gasteiger partial charge is 0.380 e. The van der Waals surface area contributed by atoms with Gasteiger partial charge in [0, 0.05) is 21.9 Å². The normalized spacial score (nSPS) is 15.3. The maximum atomic E-state index is 12.9. The van der Waals surface area contributed by atoms with E-state index in [0.717, 1.165) is 6.08 Å². The SMILES string of the molecule is O=C=CC(O)C1=NNNN1c1cscc1S(=O)(=O)c1ccc(Cl)cc1. The van der Waals surface area contributed by atoms with E-state index >= 15 is 0 Å². The fraction of sp³-hybridized carbons (Fsp3) is 0.0714. The molecule has 0 saturated carbocycles. The highest BCUT2D eigenvalue weighted by Crippen LogP contribution is 2.34. The van der Waals surface area contributed by atoms with Crippen LogP contribution >= 0.6 is 22.9 Å². The summed E-state index contributed by atoms with van der Waals surface area (Å²) in [6.45, 7) is 0. The summed E-state index contributed by atoms with van der Waals surface area (Å²) in [5.74, 6) is 1.48. The second-order valence-corrected chi connectivity index (χ2v) is 7.94. The zero-order chi connectivity index (χ0) is 18.0. The molecule has 130 valence electrons. The number of halogens is 1. The predicted molar refractivity (Wildman–Crippen MR) is 93.7 cm³/mol. The van der Waals surface area contributed by atoms with E-state index in [-0.39, 0.29) is 21.3 Å². The molecule has 1 aliphatic heterocycles. The van der Waals surface area contributed by atoms with Gasteiger partial charge in [-0.25, -0.2) is 23.8 Å². The van der Waals surface area contributed by atoms with E-state index in [4.69, 9.17) is 11.6 Å². The molecule has 0 saturated heterocycles. The van der Waals surface area contributed by atoms with Gasteiger partial charge >= 0.3 is 0 Å². The van der Waals surface area contributed by atoms with Gasteiger partial charge < -0.3 is 5.11 Å². The number of aliphatic hydroxyl groups is 1. The summed E-state index contributed by atoms with van der Waals surface area (Å²) in [7, 11) is -3.82. The topological polar surface area (TPSA) is 111 Å². The molecule has 0 amide bonds. The van der Waals surface area contributed by atoms with Crippen LogP contribution in [0.4, 0.5) is 5.69 Å². The van der Waals surface area contributed by atoms with Crippen LogP contribution in [0.15, 0.2) is 56.0 Å². The van der Waals surface area contributed by atoms with Crippen molar-refractivity contribution in [3.05, 3.63) is 46.1 Å². The third-order valence-corrected chi connectivity index (χ3v) is 6.24. The van der Waals surface area contributed by atoms with Crippen molar-refractivity contribution in [3.63, 3.8) is 0 Å². The summed E-state index contributed by atoms with van der Waals surface area (Å²) in [6, 6.07) is 5.80. The number of nitrogens with zero attached hydrogens (tertiary/aromatic N) is 2. The Morgan fingerprint density at radius 2 is 2.04 bits per heavy atom. The number of sulfone groups is 1. The first-order chi connectivity index (χ1) is 11.9. The van der Waals surface area contributed by atoms with Gasteiger partial charge in [-0.05, 0) is 24.3 Å². The van der Waals surface area contributed by atoms with Crippen LogP contribution in [0.25, 0.3) is 0 Å². The molecule has 3 N–H and O–H groups in total. The van der Waals surface area contributed by atoms with Crippen LogP contribution in [0.1, 0.15) is 0 Å². The first kappa shape index (κ1) is 17.6. The summed E-state index contributed by atoms with van der Waals surface area (Å²) >= 11 is 6.97. The fourth-order valence-electron chi connectivity index (χ4n) is 2.14. The molecule has 0 radical (unpaired) electrons. The molecule has 3 rings (SSSR count). The summed E-state index contributed by atoms with van der Waals surface area (Å²) in [5, 5.41) is 18.5. The van der Waals surface area contributed by atoms with Crippen LogP contribution in [-0.4, -0.2) is 31.4 Å². The van der Waals surface area contributed by atoms with Crippen molar-refractivity contribution >= 4 is 50.2 Å². The Morgan fingerprint density at radius 3 is 2.72 bits per heavy atom. The quantitative estimate of drug-likeness (QED) is 0.647. The highest BCUT2D eigenvalue weighted by molar-refractivity contribution is 7.91. The molecule has 1 aromatic carbocycles. The number of hydrogen-bond donors (Lipinski definition) is 3. The number of rotatable bonds is 5. The number of hydrazine groups is 2. The van der Waals surface area contributed by atoms with E-state index in [1.807, 2.05) is 0 Å². The van der Waals surface area contributed by atoms with Gasteiger partial charge in [-0.2, -0.15) is 0 Å². The first-order valence-electron chi connectivity index (χ1n) is 6.79. The molecule has 0 fully saturated rings. The lowest BCUT2D eigenvalue weighted by Crippen LogP contribution is -2.45. The van der Waals surface area contributed by atoms with E-state index in [2.05, 4.69) is 16.2 Å². The van der Waals surface area contributed by atoms with Crippen LogP contribution < -0.4 is 16.1 Å². The molecule has 25 heavy (non-hydrogen) atoms. The number of hydrazone groups is 1. The standard InChI is InChI=1S/C14H11ClN4O4S2/c15-9-1-3-10(4-2-9)25(22,23)13-8-24-7-11(13)19-14(16-17-18-19)12(21)5-6-20/h1-5,7-8,12,17-18,21H. The van der Waals surface area contributed by atoms with E-state index in [0.29, 0.717) is 5.02 Å². The average molecular weight is 399 g/mol. The second kappa shape index (κ2) is 6.96. The van der Waals surface area contributed by atoms with E-state index < -0.39 is 15.9 Å². The molecule has 8 nitrogen and oxygen atoms in total. The Hall–Kier alpha value is -2.20. The molecule has 1 unspecified atom stereocenters. The van der Waals surface area contributed by atoms with Crippen LogP contribution in [0.3, 0.4) is 0 Å². The number of thiophene rings is 1. The third-order valence-electron chi connectivity index (χ3n) is 3.31. The van der Waals surface area contributed by atoms with Crippen LogP contribution in [0, 0.1) is 0 Å². The van der Waals surface area contributed by atoms with Crippen molar-refractivity contribution in [2.75, 3.05) is 5.01 Å². The molecule has 1 aliphatic rings. The van der Waals surface area contributed by atoms with Gasteiger partial charge in [0.25, 0.3) is 0 Å². The minimum atomic E-state index is -3.82. The Bertz CT molecular complexity index is 965. The van der Waals surface area contributed by atoms with Crippen molar-refractivity contribution < 1.29 is 18.3 Å². The lowest BCUT2D eigenvalue weighted by molar-refractivity contribution is 0.287. The summed E-state index contributed by atoms with van der Waals surface area (Å²) in [6.07, 6.45) is -0.494. The van der Waals surface area contributed by atoms with Gasteiger partial charge in [-0.1, -0.05) is 11.6 Å². The van der Waals surface area contributed by atoms with Crippen molar-refractivity contribution in [3.8, 4) is 0 Å². The van der Waals surface area contributed by atoms with Crippen molar-refractivity contribution in [1.82, 2.24) is 11.1 Å². The van der Waals surface area contributed by atoms with Gasteiger partial charge in [0.15, 0.2) is 5.84 Å². The zero-order valence-electron chi connectivity index (χ0n) is 12.4. The van der Waals surface area contributed by atoms with Gasteiger partial charge in [-0.3, -0.25) is 0 Å². The molecular formula is C14H11ClN4O4S2. The number of amidine groups is 1. The van der Waals surface area contributed by atoms with E-state index in [9.17, 15) is 18.3 Å². The maximum Gasteiger partial charge on any atom is 0.209 e. The maximum absolute atomic E-state index is 12.9. The summed E-state index contributed by atoms with van der Waals surface area (Å²) < 4.78 is 25.8. The molecule has 1 atom stereocenters. The summed E-state index contributed by atoms with van der Waals surface area (Å²) in [4.78, 5) is 10.5. The lowest BCUT2D eigenvalue weighted by atomic mass is 10.3. The van der Waals surface area contributed by atoms with Crippen LogP contribution in [0.2, 0.25) is 5.02 Å². The Balaban J connectivity index is 2.02. The molecular weight excluding hydrogens is 388 g/mol. The Labute approximate surface area is 151 Å². The molecule has 11 heteroatoms. The minimum Gasteiger partial charge on any atom is -0.380 e. The third kappa shape index (κ3) is 3.31. The number of hydrogen-bond acceptors (Lipinski definition) is 9. The molecule has 2 heterocycles. The van der Waals surface area contributed by atoms with Gasteiger partial charge in [-0.15, -0.1) is 22.0 Å². The molecule has 0 aliphatic carbocycles. The molecule has 0 spiro atoms. The van der Waals surface area contributed by atoms with E-state index in [1.165, 1.54) is 51.9 Å². The zero-order valence-corrected chi connectivity index (χ0v) is 14.8. The van der Waals surface area contributed by atoms with Crippen LogP contribution in [-0.2, 0) is 14.6 Å². The van der Waals surface area contributed by atoms with Crippen molar-refractivity contribution in [2.24, 2.45) is 5.10 Å². The Morgan fingerprint density at radius 1 is 1.32 bits per heavy atom.